The number of aryl methyl sites for hydroxylation is 1. The van der Waals surface area contributed by atoms with Gasteiger partial charge in [0.05, 0.1) is 11.2 Å². The highest BCUT2D eigenvalue weighted by molar-refractivity contribution is 5.92. The van der Waals surface area contributed by atoms with Crippen molar-refractivity contribution in [3.05, 3.63) is 47.3 Å². The van der Waals surface area contributed by atoms with Crippen molar-refractivity contribution in [1.82, 2.24) is 15.0 Å². The standard InChI is InChI=1S/C15H16N6/c1-8-2-3-19-13-11(8)5-9(6-12(13)16)4-10-7-20-15(18)21-14(10)17/h2-3,5-7H,4,16H2,1H3,(H4,17,18,20,21). The van der Waals surface area contributed by atoms with Crippen molar-refractivity contribution in [2.75, 3.05) is 17.2 Å². The number of pyridine rings is 1. The molecule has 0 radical (unpaired) electrons. The third kappa shape index (κ3) is 2.43. The average molecular weight is 280 g/mol. The second-order valence-electron chi connectivity index (χ2n) is 5.02. The molecule has 6 heteroatoms. The fourth-order valence-electron chi connectivity index (χ4n) is 2.37. The fraction of sp³-hybridized carbons (Fsp3) is 0.133. The number of hydrogen-bond acceptors (Lipinski definition) is 6. The molecule has 0 atom stereocenters. The van der Waals surface area contributed by atoms with Gasteiger partial charge in [-0.1, -0.05) is 0 Å². The Balaban J connectivity index is 2.07. The van der Waals surface area contributed by atoms with E-state index < -0.39 is 0 Å². The highest BCUT2D eigenvalue weighted by Gasteiger charge is 2.08. The number of rotatable bonds is 2. The molecule has 0 fully saturated rings. The first kappa shape index (κ1) is 13.1. The molecule has 2 heterocycles. The van der Waals surface area contributed by atoms with E-state index in [1.807, 2.05) is 19.1 Å². The summed E-state index contributed by atoms with van der Waals surface area (Å²) in [4.78, 5) is 12.3. The lowest BCUT2D eigenvalue weighted by atomic mass is 10.0. The van der Waals surface area contributed by atoms with E-state index in [1.165, 1.54) is 0 Å². The lowest BCUT2D eigenvalue weighted by molar-refractivity contribution is 1.09. The van der Waals surface area contributed by atoms with Gasteiger partial charge in [0.1, 0.15) is 5.82 Å². The molecule has 0 saturated heterocycles. The van der Waals surface area contributed by atoms with Gasteiger partial charge in [-0.3, -0.25) is 4.98 Å². The van der Waals surface area contributed by atoms with Crippen LogP contribution in [0.3, 0.4) is 0 Å². The van der Waals surface area contributed by atoms with Crippen molar-refractivity contribution in [1.29, 1.82) is 0 Å². The van der Waals surface area contributed by atoms with Crippen LogP contribution in [0.1, 0.15) is 16.7 Å². The van der Waals surface area contributed by atoms with Gasteiger partial charge < -0.3 is 17.2 Å². The summed E-state index contributed by atoms with van der Waals surface area (Å²) in [5, 5.41) is 1.04. The maximum Gasteiger partial charge on any atom is 0.221 e. The third-order valence-electron chi connectivity index (χ3n) is 3.46. The van der Waals surface area contributed by atoms with Crippen LogP contribution in [0.4, 0.5) is 17.5 Å². The number of anilines is 3. The summed E-state index contributed by atoms with van der Waals surface area (Å²) < 4.78 is 0. The Hall–Kier alpha value is -2.89. The lowest BCUT2D eigenvalue weighted by Crippen LogP contribution is -2.04. The number of nitrogens with zero attached hydrogens (tertiary/aromatic N) is 3. The summed E-state index contributed by atoms with van der Waals surface area (Å²) in [6.07, 6.45) is 4.01. The van der Waals surface area contributed by atoms with Crippen molar-refractivity contribution in [2.24, 2.45) is 0 Å². The summed E-state index contributed by atoms with van der Waals surface area (Å²) in [6.45, 7) is 2.04. The maximum absolute atomic E-state index is 6.10. The second kappa shape index (κ2) is 4.90. The van der Waals surface area contributed by atoms with E-state index in [-0.39, 0.29) is 5.95 Å². The minimum Gasteiger partial charge on any atom is -0.397 e. The lowest BCUT2D eigenvalue weighted by Gasteiger charge is -2.09. The molecule has 3 rings (SSSR count). The third-order valence-corrected chi connectivity index (χ3v) is 3.46. The molecular weight excluding hydrogens is 264 g/mol. The van der Waals surface area contributed by atoms with Gasteiger partial charge in [0, 0.05) is 29.8 Å². The van der Waals surface area contributed by atoms with E-state index in [2.05, 4.69) is 21.0 Å². The van der Waals surface area contributed by atoms with Crippen LogP contribution in [0.25, 0.3) is 10.9 Å². The predicted octanol–water partition coefficient (Wildman–Crippen LogP) is 1.67. The zero-order chi connectivity index (χ0) is 15.0. The van der Waals surface area contributed by atoms with Gasteiger partial charge in [-0.2, -0.15) is 4.98 Å². The van der Waals surface area contributed by atoms with Crippen molar-refractivity contribution in [3.63, 3.8) is 0 Å². The number of aromatic nitrogens is 3. The first-order chi connectivity index (χ1) is 10.0. The number of benzene rings is 1. The van der Waals surface area contributed by atoms with E-state index in [9.17, 15) is 0 Å². The molecule has 2 aromatic heterocycles. The monoisotopic (exact) mass is 280 g/mol. The van der Waals surface area contributed by atoms with Gasteiger partial charge >= 0.3 is 0 Å². The Morgan fingerprint density at radius 1 is 1.10 bits per heavy atom. The van der Waals surface area contributed by atoms with E-state index in [1.54, 1.807) is 12.4 Å². The Morgan fingerprint density at radius 2 is 1.90 bits per heavy atom. The molecule has 3 aromatic rings. The molecule has 106 valence electrons. The number of fused-ring (bicyclic) bond motifs is 1. The van der Waals surface area contributed by atoms with Crippen LogP contribution in [0, 0.1) is 6.92 Å². The number of nitrogen functional groups attached to an aromatic ring is 3. The van der Waals surface area contributed by atoms with Crippen LogP contribution in [0.5, 0.6) is 0 Å². The average Bonchev–Trinajstić information content (AvgIpc) is 2.43. The van der Waals surface area contributed by atoms with E-state index >= 15 is 0 Å². The van der Waals surface area contributed by atoms with Gasteiger partial charge in [0.2, 0.25) is 5.95 Å². The maximum atomic E-state index is 6.10. The minimum atomic E-state index is 0.175. The largest absolute Gasteiger partial charge is 0.397 e. The SMILES string of the molecule is Cc1ccnc2c(N)cc(Cc3cnc(N)nc3N)cc12. The quantitative estimate of drug-likeness (QED) is 0.615. The Kier molecular flexibility index (Phi) is 3.06. The summed E-state index contributed by atoms with van der Waals surface area (Å²) in [5.74, 6) is 0.568. The zero-order valence-electron chi connectivity index (χ0n) is 11.7. The van der Waals surface area contributed by atoms with Crippen molar-refractivity contribution >= 4 is 28.4 Å². The highest BCUT2D eigenvalue weighted by Crippen LogP contribution is 2.26. The molecule has 0 amide bonds. The molecule has 6 nitrogen and oxygen atoms in total. The van der Waals surface area contributed by atoms with Crippen LogP contribution < -0.4 is 17.2 Å². The molecule has 0 aliphatic heterocycles. The molecule has 6 N–H and O–H groups in total. The van der Waals surface area contributed by atoms with Crippen LogP contribution >= 0.6 is 0 Å². The highest BCUT2D eigenvalue weighted by atomic mass is 15.0. The number of nitrogens with two attached hydrogens (primary N) is 3. The van der Waals surface area contributed by atoms with Crippen LogP contribution in [-0.4, -0.2) is 15.0 Å². The molecular formula is C15H16N6. The van der Waals surface area contributed by atoms with Crippen LogP contribution in [0.2, 0.25) is 0 Å². The van der Waals surface area contributed by atoms with Crippen molar-refractivity contribution < 1.29 is 0 Å². The molecule has 0 unspecified atom stereocenters. The molecule has 0 aliphatic carbocycles. The predicted molar refractivity (Wildman–Crippen MR) is 84.6 cm³/mol. The minimum absolute atomic E-state index is 0.175. The molecule has 0 aliphatic rings. The first-order valence-corrected chi connectivity index (χ1v) is 6.55. The molecule has 1 aromatic carbocycles. The molecule has 0 saturated carbocycles. The van der Waals surface area contributed by atoms with Gasteiger partial charge in [0.15, 0.2) is 0 Å². The smallest absolute Gasteiger partial charge is 0.221 e. The van der Waals surface area contributed by atoms with Crippen molar-refractivity contribution in [2.45, 2.75) is 13.3 Å². The van der Waals surface area contributed by atoms with Crippen molar-refractivity contribution in [3.8, 4) is 0 Å². The summed E-state index contributed by atoms with van der Waals surface area (Å²) in [5.41, 5.74) is 22.0. The van der Waals surface area contributed by atoms with E-state index in [4.69, 9.17) is 17.2 Å². The van der Waals surface area contributed by atoms with Crippen LogP contribution in [-0.2, 0) is 6.42 Å². The van der Waals surface area contributed by atoms with E-state index in [0.29, 0.717) is 17.9 Å². The first-order valence-electron chi connectivity index (χ1n) is 6.55. The molecule has 0 bridgehead atoms. The number of hydrogen-bond donors (Lipinski definition) is 3. The summed E-state index contributed by atoms with van der Waals surface area (Å²) >= 11 is 0. The molecule has 0 spiro atoms. The van der Waals surface area contributed by atoms with Crippen LogP contribution in [0.15, 0.2) is 30.6 Å². The summed E-state index contributed by atoms with van der Waals surface area (Å²) in [7, 11) is 0. The zero-order valence-corrected chi connectivity index (χ0v) is 11.7. The normalized spacial score (nSPS) is 10.9. The van der Waals surface area contributed by atoms with Gasteiger partial charge in [-0.05, 0) is 36.2 Å². The van der Waals surface area contributed by atoms with Gasteiger partial charge in [0.25, 0.3) is 0 Å². The topological polar surface area (TPSA) is 117 Å². The van der Waals surface area contributed by atoms with E-state index in [0.717, 1.165) is 27.6 Å². The Morgan fingerprint density at radius 3 is 2.67 bits per heavy atom. The second-order valence-corrected chi connectivity index (χ2v) is 5.02. The fourth-order valence-corrected chi connectivity index (χ4v) is 2.37. The van der Waals surface area contributed by atoms with Gasteiger partial charge in [-0.15, -0.1) is 0 Å². The Labute approximate surface area is 122 Å². The Bertz CT molecular complexity index is 828. The molecule has 21 heavy (non-hydrogen) atoms. The summed E-state index contributed by atoms with van der Waals surface area (Å²) in [6, 6.07) is 5.95. The van der Waals surface area contributed by atoms with Gasteiger partial charge in [-0.25, -0.2) is 4.98 Å².